The number of hydrazone groups is 1. The number of aromatic hydroxyl groups is 3. The van der Waals surface area contributed by atoms with Gasteiger partial charge in [-0.3, -0.25) is 24.3 Å². The number of piperazine rings is 1. The molecule has 17 heteroatoms. The molecule has 1 amide bonds. The van der Waals surface area contributed by atoms with Crippen LogP contribution < -0.4 is 10.1 Å². The number of esters is 1. The summed E-state index contributed by atoms with van der Waals surface area (Å²) in [5.74, 6) is -8.32. The maximum absolute atomic E-state index is 14.5. The third-order valence-electron chi connectivity index (χ3n) is 13.2. The normalized spacial score (nSPS) is 31.0. The fraction of sp³-hybridized carbons (Fsp3) is 0.652. The van der Waals surface area contributed by atoms with Gasteiger partial charge in [-0.2, -0.15) is 5.10 Å². The number of ether oxygens (including phenoxy) is 5. The van der Waals surface area contributed by atoms with Gasteiger partial charge in [0.1, 0.15) is 23.4 Å². The number of aliphatic hydroxyl groups excluding tert-OH is 2. The van der Waals surface area contributed by atoms with E-state index in [2.05, 4.69) is 15.3 Å². The number of fused-ring (bicyclic) bond motifs is 16. The van der Waals surface area contributed by atoms with E-state index in [0.29, 0.717) is 58.7 Å². The highest BCUT2D eigenvalue weighted by atomic mass is 16.7. The molecule has 2 aromatic carbocycles. The lowest BCUT2D eigenvalue weighted by atomic mass is 9.77. The van der Waals surface area contributed by atoms with Crippen molar-refractivity contribution in [1.29, 1.82) is 0 Å². The highest BCUT2D eigenvalue weighted by Crippen LogP contribution is 2.55. The van der Waals surface area contributed by atoms with E-state index in [4.69, 9.17) is 23.7 Å². The van der Waals surface area contributed by atoms with Crippen LogP contribution in [-0.4, -0.2) is 143 Å². The SMILES string of the molecule is CCOCCN1CCN(/N=C/c2c3c(O)c4c(O)c(C)c5c(c4c2O)C(=O)[C@@](C)(O/C=C/[C@H](OC)[C@@H](C)[C@@H](OC(C)=O)[C@@H](C)[C@@H](O)[C@H](C)[C@H](O)[C@H](C)CCCC(C)C(=O)N3)O5)CC1. The number of amides is 1. The molecule has 1 saturated heterocycles. The predicted molar refractivity (Wildman–Crippen MR) is 236 cm³/mol. The zero-order valence-corrected chi connectivity index (χ0v) is 38.3. The smallest absolute Gasteiger partial charge is 0.312 e. The number of nitrogens with zero attached hydrogens (tertiary/aromatic N) is 3. The second kappa shape index (κ2) is 20.9. The molecule has 1 fully saturated rings. The van der Waals surface area contributed by atoms with Gasteiger partial charge >= 0.3 is 11.8 Å². The quantitative estimate of drug-likeness (QED) is 0.0671. The number of hydrogen-bond donors (Lipinski definition) is 6. The first-order valence-electron chi connectivity index (χ1n) is 22.1. The van der Waals surface area contributed by atoms with Crippen LogP contribution in [-0.2, 0) is 28.5 Å². The molecule has 4 aliphatic heterocycles. The molecule has 4 aliphatic rings. The molecule has 0 spiro atoms. The lowest BCUT2D eigenvalue weighted by Crippen LogP contribution is -2.46. The van der Waals surface area contributed by atoms with Crippen molar-refractivity contribution in [3.8, 4) is 23.0 Å². The summed E-state index contributed by atoms with van der Waals surface area (Å²) in [6.45, 7) is 19.4. The molecule has 2 aromatic rings. The number of aliphatic hydroxyl groups is 2. The van der Waals surface area contributed by atoms with Gasteiger partial charge in [0.2, 0.25) is 5.91 Å². The minimum atomic E-state index is -2.04. The van der Waals surface area contributed by atoms with Crippen molar-refractivity contribution in [2.75, 3.05) is 58.4 Å². The number of rotatable bonds is 8. The minimum Gasteiger partial charge on any atom is -0.507 e. The monoisotopic (exact) mass is 884 g/mol. The summed E-state index contributed by atoms with van der Waals surface area (Å²) >= 11 is 0. The predicted octanol–water partition coefficient (Wildman–Crippen LogP) is 5.05. The Kier molecular flexibility index (Phi) is 16.3. The summed E-state index contributed by atoms with van der Waals surface area (Å²) in [5.41, 5.74) is -0.399. The number of Topliss-reactive ketones (excluding diaryl/α,β-unsaturated/α-hetero) is 1. The Balaban J connectivity index is 1.62. The minimum absolute atomic E-state index is 0.0716. The molecule has 0 radical (unpaired) electrons. The average Bonchev–Trinajstić information content (AvgIpc) is 3.52. The zero-order chi connectivity index (χ0) is 46.5. The number of phenols is 3. The topological polar surface area (TPSA) is 229 Å². The molecule has 0 saturated carbocycles. The van der Waals surface area contributed by atoms with Crippen LogP contribution in [0.1, 0.15) is 96.1 Å². The lowest BCUT2D eigenvalue weighted by molar-refractivity contribution is -0.160. The molecule has 4 heterocycles. The van der Waals surface area contributed by atoms with Gasteiger partial charge in [-0.1, -0.05) is 41.0 Å². The van der Waals surface area contributed by atoms with Crippen LogP contribution in [0.15, 0.2) is 17.4 Å². The van der Waals surface area contributed by atoms with Crippen molar-refractivity contribution in [2.24, 2.45) is 34.7 Å². The summed E-state index contributed by atoms with van der Waals surface area (Å²) in [4.78, 5) is 43.1. The van der Waals surface area contributed by atoms with Crippen molar-refractivity contribution in [2.45, 2.75) is 112 Å². The van der Waals surface area contributed by atoms with E-state index < -0.39 is 88.8 Å². The second-order valence-corrected chi connectivity index (χ2v) is 17.6. The summed E-state index contributed by atoms with van der Waals surface area (Å²) in [6, 6.07) is 0. The van der Waals surface area contributed by atoms with Gasteiger partial charge in [0.05, 0.1) is 59.6 Å². The third kappa shape index (κ3) is 10.5. The van der Waals surface area contributed by atoms with Crippen molar-refractivity contribution >= 4 is 40.3 Å². The Bertz CT molecular complexity index is 2030. The molecule has 6 rings (SSSR count). The maximum atomic E-state index is 14.5. The molecule has 1 unspecified atom stereocenters. The van der Waals surface area contributed by atoms with Crippen LogP contribution in [0.2, 0.25) is 0 Å². The van der Waals surface area contributed by atoms with Crippen LogP contribution in [0.4, 0.5) is 5.69 Å². The fourth-order valence-corrected chi connectivity index (χ4v) is 8.98. The van der Waals surface area contributed by atoms with E-state index in [9.17, 15) is 39.9 Å². The number of carbonyl (C=O) groups excluding carboxylic acids is 3. The summed E-state index contributed by atoms with van der Waals surface area (Å²) in [5, 5.41) is 67.7. The van der Waals surface area contributed by atoms with Gasteiger partial charge in [0.25, 0.3) is 5.78 Å². The number of benzene rings is 2. The number of phenolic OH excluding ortho intramolecular Hbond substituents is 3. The zero-order valence-electron chi connectivity index (χ0n) is 38.3. The van der Waals surface area contributed by atoms with E-state index in [0.717, 1.165) is 6.54 Å². The van der Waals surface area contributed by atoms with Crippen molar-refractivity contribution in [1.82, 2.24) is 9.91 Å². The Morgan fingerprint density at radius 1 is 0.968 bits per heavy atom. The Hall–Kier alpha value is -4.68. The van der Waals surface area contributed by atoms with Crippen LogP contribution in [0, 0.1) is 36.5 Å². The Morgan fingerprint density at radius 3 is 2.29 bits per heavy atom. The lowest BCUT2D eigenvalue weighted by Gasteiger charge is -2.38. The van der Waals surface area contributed by atoms with E-state index in [1.54, 1.807) is 32.7 Å². The van der Waals surface area contributed by atoms with Crippen LogP contribution in [0.3, 0.4) is 0 Å². The fourth-order valence-electron chi connectivity index (χ4n) is 8.98. The molecule has 0 aromatic heterocycles. The van der Waals surface area contributed by atoms with Gasteiger partial charge in [0, 0.05) is 94.9 Å². The van der Waals surface area contributed by atoms with Crippen molar-refractivity contribution in [3.05, 3.63) is 29.0 Å². The van der Waals surface area contributed by atoms with Gasteiger partial charge in [-0.25, -0.2) is 0 Å². The van der Waals surface area contributed by atoms with Gasteiger partial charge in [-0.15, -0.1) is 0 Å². The molecule has 0 aliphatic carbocycles. The van der Waals surface area contributed by atoms with Crippen LogP contribution in [0.5, 0.6) is 23.0 Å². The van der Waals surface area contributed by atoms with E-state index >= 15 is 0 Å². The molecule has 350 valence electrons. The highest BCUT2D eigenvalue weighted by Gasteiger charge is 2.50. The summed E-state index contributed by atoms with van der Waals surface area (Å²) in [6.07, 6.45) is 1.77. The second-order valence-electron chi connectivity index (χ2n) is 17.6. The first-order chi connectivity index (χ1) is 29.8. The first-order valence-corrected chi connectivity index (χ1v) is 22.1. The number of nitrogens with one attached hydrogen (secondary N) is 1. The largest absolute Gasteiger partial charge is 0.507 e. The van der Waals surface area contributed by atoms with Gasteiger partial charge in [0.15, 0.2) is 5.75 Å². The standard InChI is InChI=1S/C46H68N4O13/c1-11-60-22-20-49-16-18-50(19-17-49)47-23-31-36-41(56)34-33(40(31)55)35-43(29(7)39(34)54)63-46(9,44(35)57)61-21-15-32(59-10)26(4)42(62-30(8)51)28(6)38(53)27(5)37(52)24(2)13-12-14-25(3)45(58)48-36/h15,21,23-28,32,37-38,42,52-56H,11-14,16-20,22H2,1-10H3,(H,48,58)/b21-15+,47-23+/t24-,25?,26-,27-,28+,32+,37-,38+,42-,46+/m1/s1. The molecule has 6 N–H and O–H groups in total. The number of anilines is 1. The van der Waals surface area contributed by atoms with E-state index in [-0.39, 0.29) is 44.8 Å². The number of carbonyl (C=O) groups is 3. The van der Waals surface area contributed by atoms with Crippen molar-refractivity contribution in [3.63, 3.8) is 0 Å². The number of hydrogen-bond acceptors (Lipinski definition) is 16. The number of methoxy groups -OCH3 is 1. The molecule has 10 atom stereocenters. The first kappa shape index (κ1) is 49.3. The molecule has 63 heavy (non-hydrogen) atoms. The molecular formula is C46H68N4O13. The van der Waals surface area contributed by atoms with Crippen molar-refractivity contribution < 1.29 is 63.6 Å². The Labute approximate surface area is 370 Å². The van der Waals surface area contributed by atoms with Crippen LogP contribution >= 0.6 is 0 Å². The summed E-state index contributed by atoms with van der Waals surface area (Å²) < 4.78 is 29.2. The number of ketones is 1. The summed E-state index contributed by atoms with van der Waals surface area (Å²) in [7, 11) is 1.45. The molecule has 17 nitrogen and oxygen atoms in total. The highest BCUT2D eigenvalue weighted by molar-refractivity contribution is 6.23. The van der Waals surface area contributed by atoms with Crippen LogP contribution in [0.25, 0.3) is 10.8 Å². The Morgan fingerprint density at radius 2 is 1.65 bits per heavy atom. The third-order valence-corrected chi connectivity index (χ3v) is 13.2. The molecular weight excluding hydrogens is 817 g/mol. The maximum Gasteiger partial charge on any atom is 0.312 e. The average molecular weight is 885 g/mol. The van der Waals surface area contributed by atoms with E-state index in [1.165, 1.54) is 46.4 Å². The van der Waals surface area contributed by atoms with Gasteiger partial charge < -0.3 is 54.5 Å². The molecule has 5 bridgehead atoms. The van der Waals surface area contributed by atoms with E-state index in [1.807, 2.05) is 13.8 Å². The van der Waals surface area contributed by atoms with Gasteiger partial charge in [-0.05, 0) is 38.7 Å².